The van der Waals surface area contributed by atoms with Crippen molar-refractivity contribution in [2.45, 2.75) is 12.8 Å². The van der Waals surface area contributed by atoms with Crippen molar-refractivity contribution in [2.24, 2.45) is 7.05 Å². The third kappa shape index (κ3) is 2.95. The van der Waals surface area contributed by atoms with E-state index in [4.69, 9.17) is 0 Å². The van der Waals surface area contributed by atoms with E-state index in [1.165, 1.54) is 19.2 Å². The van der Waals surface area contributed by atoms with Crippen LogP contribution in [0, 0.1) is 0 Å². The third-order valence-corrected chi connectivity index (χ3v) is 3.48. The lowest BCUT2D eigenvalue weighted by Gasteiger charge is -2.14. The summed E-state index contributed by atoms with van der Waals surface area (Å²) in [6.07, 6.45) is 5.45. The van der Waals surface area contributed by atoms with Crippen LogP contribution in [0.4, 0.5) is 11.6 Å². The van der Waals surface area contributed by atoms with Crippen LogP contribution in [0.2, 0.25) is 0 Å². The summed E-state index contributed by atoms with van der Waals surface area (Å²) in [5.41, 5.74) is 0.379. The van der Waals surface area contributed by atoms with Crippen molar-refractivity contribution in [3.63, 3.8) is 0 Å². The van der Waals surface area contributed by atoms with E-state index in [9.17, 15) is 9.59 Å². The van der Waals surface area contributed by atoms with Gasteiger partial charge in [0.2, 0.25) is 5.95 Å². The molecule has 114 valence electrons. The number of rotatable bonds is 3. The molecule has 0 aliphatic carbocycles. The van der Waals surface area contributed by atoms with Crippen LogP contribution in [-0.4, -0.2) is 38.7 Å². The number of nitrogens with one attached hydrogen (secondary N) is 1. The van der Waals surface area contributed by atoms with E-state index in [0.717, 1.165) is 30.6 Å². The lowest BCUT2D eigenvalue weighted by atomic mass is 10.3. The van der Waals surface area contributed by atoms with Gasteiger partial charge in [-0.25, -0.2) is 14.6 Å². The van der Waals surface area contributed by atoms with Gasteiger partial charge < -0.3 is 10.2 Å². The molecular formula is C14H16N6O2. The van der Waals surface area contributed by atoms with Crippen LogP contribution in [0.15, 0.2) is 29.3 Å². The number of aromatic nitrogens is 4. The Balaban J connectivity index is 1.70. The Hall–Kier alpha value is -2.77. The molecule has 2 aromatic heterocycles. The van der Waals surface area contributed by atoms with Crippen LogP contribution >= 0.6 is 0 Å². The van der Waals surface area contributed by atoms with Gasteiger partial charge >= 0.3 is 0 Å². The number of aryl methyl sites for hydroxylation is 1. The molecule has 3 rings (SSSR count). The monoisotopic (exact) mass is 300 g/mol. The van der Waals surface area contributed by atoms with Gasteiger partial charge in [-0.15, -0.1) is 0 Å². The molecule has 2 aromatic rings. The summed E-state index contributed by atoms with van der Waals surface area (Å²) >= 11 is 0. The maximum absolute atomic E-state index is 12.1. The lowest BCUT2D eigenvalue weighted by Crippen LogP contribution is -2.24. The fourth-order valence-electron chi connectivity index (χ4n) is 2.28. The van der Waals surface area contributed by atoms with E-state index in [1.807, 2.05) is 0 Å². The van der Waals surface area contributed by atoms with Crippen LogP contribution in [0.3, 0.4) is 0 Å². The summed E-state index contributed by atoms with van der Waals surface area (Å²) in [5.74, 6) is 0.267. The summed E-state index contributed by atoms with van der Waals surface area (Å²) < 4.78 is 1.11. The maximum Gasteiger partial charge on any atom is 0.276 e. The first-order valence-corrected chi connectivity index (χ1v) is 7.06. The van der Waals surface area contributed by atoms with Gasteiger partial charge in [-0.05, 0) is 18.9 Å². The Bertz CT molecular complexity index is 734. The molecule has 0 bridgehead atoms. The standard InChI is InChI=1S/C14H16N6O2/c1-19-12(21)5-4-11(18-19)13(22)17-10-8-15-14(16-9-10)20-6-2-3-7-20/h4-5,8-9H,2-3,6-7H2,1H3,(H,17,22). The number of carbonyl (C=O) groups excluding carboxylic acids is 1. The summed E-state index contributed by atoms with van der Waals surface area (Å²) in [6.45, 7) is 1.93. The fraction of sp³-hybridized carbons (Fsp3) is 0.357. The zero-order valence-corrected chi connectivity index (χ0v) is 12.2. The molecule has 0 aromatic carbocycles. The molecule has 0 saturated carbocycles. The molecule has 1 aliphatic heterocycles. The van der Waals surface area contributed by atoms with E-state index in [1.54, 1.807) is 12.4 Å². The minimum atomic E-state index is -0.409. The summed E-state index contributed by atoms with van der Waals surface area (Å²) in [5, 5.41) is 6.55. The Morgan fingerprint density at radius 1 is 1.18 bits per heavy atom. The van der Waals surface area contributed by atoms with Crippen molar-refractivity contribution in [3.8, 4) is 0 Å². The first kappa shape index (κ1) is 14.2. The molecule has 1 amide bonds. The lowest BCUT2D eigenvalue weighted by molar-refractivity contribution is 0.102. The van der Waals surface area contributed by atoms with Gasteiger partial charge in [0.15, 0.2) is 0 Å². The molecule has 1 fully saturated rings. The van der Waals surface area contributed by atoms with E-state index >= 15 is 0 Å². The zero-order valence-electron chi connectivity index (χ0n) is 12.2. The quantitative estimate of drug-likeness (QED) is 0.883. The van der Waals surface area contributed by atoms with Gasteiger partial charge in [0, 0.05) is 26.2 Å². The molecule has 0 spiro atoms. The molecule has 1 aliphatic rings. The highest BCUT2D eigenvalue weighted by Gasteiger charge is 2.15. The van der Waals surface area contributed by atoms with Crippen molar-refractivity contribution in [3.05, 3.63) is 40.6 Å². The minimum Gasteiger partial charge on any atom is -0.341 e. The van der Waals surface area contributed by atoms with Crippen molar-refractivity contribution in [1.82, 2.24) is 19.7 Å². The average Bonchev–Trinajstić information content (AvgIpc) is 3.05. The first-order chi connectivity index (χ1) is 10.6. The van der Waals surface area contributed by atoms with Crippen molar-refractivity contribution >= 4 is 17.5 Å². The zero-order chi connectivity index (χ0) is 15.5. The number of nitrogens with zero attached hydrogens (tertiary/aromatic N) is 5. The summed E-state index contributed by atoms with van der Waals surface area (Å²) in [7, 11) is 1.49. The fourth-order valence-corrected chi connectivity index (χ4v) is 2.28. The highest BCUT2D eigenvalue weighted by Crippen LogP contribution is 2.16. The second-order valence-electron chi connectivity index (χ2n) is 5.10. The highest BCUT2D eigenvalue weighted by molar-refractivity contribution is 6.02. The smallest absolute Gasteiger partial charge is 0.276 e. The Morgan fingerprint density at radius 3 is 2.50 bits per heavy atom. The third-order valence-electron chi connectivity index (χ3n) is 3.48. The number of hydrogen-bond donors (Lipinski definition) is 1. The summed E-state index contributed by atoms with van der Waals surface area (Å²) in [4.78, 5) is 34.0. The largest absolute Gasteiger partial charge is 0.341 e. The molecule has 0 radical (unpaired) electrons. The average molecular weight is 300 g/mol. The van der Waals surface area contributed by atoms with Gasteiger partial charge in [0.05, 0.1) is 18.1 Å². The highest BCUT2D eigenvalue weighted by atomic mass is 16.2. The van der Waals surface area contributed by atoms with Gasteiger partial charge in [-0.1, -0.05) is 0 Å². The predicted molar refractivity (Wildman–Crippen MR) is 80.9 cm³/mol. The van der Waals surface area contributed by atoms with Crippen LogP contribution in [0.5, 0.6) is 0 Å². The Kier molecular flexibility index (Phi) is 3.82. The maximum atomic E-state index is 12.1. The molecule has 0 unspecified atom stereocenters. The number of anilines is 2. The molecule has 1 N–H and O–H groups in total. The second kappa shape index (κ2) is 5.92. The van der Waals surface area contributed by atoms with Gasteiger partial charge in [-0.3, -0.25) is 9.59 Å². The van der Waals surface area contributed by atoms with E-state index in [2.05, 4.69) is 25.3 Å². The van der Waals surface area contributed by atoms with Crippen LogP contribution in [-0.2, 0) is 7.05 Å². The predicted octanol–water partition coefficient (Wildman–Crippen LogP) is 0.423. The van der Waals surface area contributed by atoms with Gasteiger partial charge in [-0.2, -0.15) is 5.10 Å². The molecule has 22 heavy (non-hydrogen) atoms. The summed E-state index contributed by atoms with van der Waals surface area (Å²) in [6, 6.07) is 2.69. The van der Waals surface area contributed by atoms with E-state index < -0.39 is 5.91 Å². The van der Waals surface area contributed by atoms with E-state index in [-0.39, 0.29) is 11.3 Å². The molecule has 8 nitrogen and oxygen atoms in total. The second-order valence-corrected chi connectivity index (χ2v) is 5.10. The Labute approximate surface area is 126 Å². The van der Waals surface area contributed by atoms with Crippen LogP contribution in [0.25, 0.3) is 0 Å². The molecule has 0 atom stereocenters. The van der Waals surface area contributed by atoms with E-state index in [0.29, 0.717) is 11.6 Å². The molecule has 1 saturated heterocycles. The topological polar surface area (TPSA) is 93.0 Å². The van der Waals surface area contributed by atoms with Crippen molar-refractivity contribution in [1.29, 1.82) is 0 Å². The van der Waals surface area contributed by atoms with Gasteiger partial charge in [0.1, 0.15) is 5.69 Å². The van der Waals surface area contributed by atoms with Crippen molar-refractivity contribution in [2.75, 3.05) is 23.3 Å². The number of hydrogen-bond acceptors (Lipinski definition) is 6. The van der Waals surface area contributed by atoms with Crippen LogP contribution < -0.4 is 15.8 Å². The first-order valence-electron chi connectivity index (χ1n) is 7.06. The normalized spacial score (nSPS) is 14.1. The Morgan fingerprint density at radius 2 is 1.86 bits per heavy atom. The SMILES string of the molecule is Cn1nc(C(=O)Nc2cnc(N3CCCC3)nc2)ccc1=O. The minimum absolute atomic E-state index is 0.158. The van der Waals surface area contributed by atoms with Gasteiger partial charge in [0.25, 0.3) is 11.5 Å². The van der Waals surface area contributed by atoms with Crippen molar-refractivity contribution < 1.29 is 4.79 Å². The molecule has 8 heteroatoms. The molecule has 3 heterocycles. The number of amides is 1. The number of carbonyl (C=O) groups is 1. The molecular weight excluding hydrogens is 284 g/mol. The van der Waals surface area contributed by atoms with Crippen LogP contribution in [0.1, 0.15) is 23.3 Å².